The lowest BCUT2D eigenvalue weighted by Gasteiger charge is -2.12. The fourth-order valence-corrected chi connectivity index (χ4v) is 2.81. The van der Waals surface area contributed by atoms with Gasteiger partial charge in [0.15, 0.2) is 11.5 Å². The largest absolute Gasteiger partial charge is 0.489 e. The van der Waals surface area contributed by atoms with Gasteiger partial charge in [0.05, 0.1) is 23.9 Å². The van der Waals surface area contributed by atoms with Crippen molar-refractivity contribution in [1.82, 2.24) is 20.2 Å². The lowest BCUT2D eigenvalue weighted by Crippen LogP contribution is -2.12. The van der Waals surface area contributed by atoms with Gasteiger partial charge < -0.3 is 14.8 Å². The Balaban J connectivity index is 1.53. The van der Waals surface area contributed by atoms with E-state index >= 15 is 0 Å². The second kappa shape index (κ2) is 7.01. The van der Waals surface area contributed by atoms with E-state index in [9.17, 15) is 4.79 Å². The van der Waals surface area contributed by atoms with Gasteiger partial charge in [-0.2, -0.15) is 0 Å². The van der Waals surface area contributed by atoms with Gasteiger partial charge in [-0.15, -0.1) is 5.10 Å². The number of anilines is 1. The summed E-state index contributed by atoms with van der Waals surface area (Å²) in [7, 11) is 0. The molecule has 1 aromatic heterocycles. The maximum Gasteiger partial charge on any atom is 0.255 e. The highest BCUT2D eigenvalue weighted by atomic mass is 35.5. The normalized spacial score (nSPS) is 13.1. The summed E-state index contributed by atoms with van der Waals surface area (Å²) in [4.78, 5) is 12.5. The molecule has 9 heteroatoms. The Kier molecular flexibility index (Phi) is 4.40. The molecule has 4 rings (SSSR count). The minimum Gasteiger partial charge on any atom is -0.489 e. The predicted octanol–water partition coefficient (Wildman–Crippen LogP) is 2.73. The molecular weight excluding hydrogens is 358 g/mol. The third-order valence-corrected chi connectivity index (χ3v) is 4.08. The van der Waals surface area contributed by atoms with Crippen molar-refractivity contribution in [2.45, 2.75) is 6.42 Å². The van der Waals surface area contributed by atoms with Gasteiger partial charge in [0.2, 0.25) is 0 Å². The zero-order valence-electron chi connectivity index (χ0n) is 13.6. The molecule has 1 aliphatic rings. The Morgan fingerprint density at radius 2 is 1.96 bits per heavy atom. The number of fused-ring (bicyclic) bond motifs is 1. The third-order valence-electron chi connectivity index (χ3n) is 3.80. The van der Waals surface area contributed by atoms with Crippen LogP contribution in [-0.2, 0) is 0 Å². The van der Waals surface area contributed by atoms with E-state index in [1.807, 2.05) is 0 Å². The van der Waals surface area contributed by atoms with Crippen molar-refractivity contribution in [2.75, 3.05) is 18.5 Å². The number of halogens is 1. The van der Waals surface area contributed by atoms with E-state index in [0.29, 0.717) is 41.0 Å². The van der Waals surface area contributed by atoms with Gasteiger partial charge in [0, 0.05) is 17.7 Å². The number of hydrogen-bond acceptors (Lipinski definition) is 6. The molecule has 1 amide bonds. The Morgan fingerprint density at radius 3 is 2.73 bits per heavy atom. The number of benzene rings is 2. The van der Waals surface area contributed by atoms with Crippen molar-refractivity contribution in [1.29, 1.82) is 0 Å². The van der Waals surface area contributed by atoms with Crippen LogP contribution >= 0.6 is 11.6 Å². The van der Waals surface area contributed by atoms with Crippen molar-refractivity contribution >= 4 is 23.2 Å². The quantitative estimate of drug-likeness (QED) is 0.761. The maximum atomic E-state index is 12.5. The van der Waals surface area contributed by atoms with Crippen molar-refractivity contribution in [3.8, 4) is 17.2 Å². The van der Waals surface area contributed by atoms with E-state index in [2.05, 4.69) is 20.8 Å². The van der Waals surface area contributed by atoms with Crippen LogP contribution in [0.1, 0.15) is 16.8 Å². The first-order valence-electron chi connectivity index (χ1n) is 7.94. The lowest BCUT2D eigenvalue weighted by molar-refractivity contribution is 0.102. The maximum absolute atomic E-state index is 12.5. The first-order valence-corrected chi connectivity index (χ1v) is 8.32. The summed E-state index contributed by atoms with van der Waals surface area (Å²) in [5.74, 6) is 0.665. The van der Waals surface area contributed by atoms with Crippen molar-refractivity contribution in [2.24, 2.45) is 0 Å². The number of nitrogens with zero attached hydrogens (tertiary/aromatic N) is 4. The highest BCUT2D eigenvalue weighted by molar-refractivity contribution is 6.32. The van der Waals surface area contributed by atoms with Crippen LogP contribution in [0.2, 0.25) is 5.02 Å². The summed E-state index contributed by atoms with van der Waals surface area (Å²) in [5.41, 5.74) is 1.81. The van der Waals surface area contributed by atoms with Crippen molar-refractivity contribution < 1.29 is 14.3 Å². The molecule has 0 aliphatic carbocycles. The second-order valence-electron chi connectivity index (χ2n) is 5.59. The molecule has 0 bridgehead atoms. The van der Waals surface area contributed by atoms with E-state index in [1.54, 1.807) is 36.4 Å². The number of rotatable bonds is 3. The molecule has 0 fully saturated rings. The van der Waals surface area contributed by atoms with E-state index in [1.165, 1.54) is 11.0 Å². The SMILES string of the molecule is O=C(Nc1ccc(-n2cnnn2)cc1)c1cc(Cl)c2c(c1)OCCCO2. The van der Waals surface area contributed by atoms with E-state index < -0.39 is 0 Å². The highest BCUT2D eigenvalue weighted by Crippen LogP contribution is 2.38. The fraction of sp³-hybridized carbons (Fsp3) is 0.176. The summed E-state index contributed by atoms with van der Waals surface area (Å²) in [6.45, 7) is 1.05. The number of ether oxygens (including phenoxy) is 2. The first-order chi connectivity index (χ1) is 12.7. The number of amides is 1. The zero-order chi connectivity index (χ0) is 17.9. The average molecular weight is 372 g/mol. The Labute approximate surface area is 153 Å². The average Bonchev–Trinajstić information content (AvgIpc) is 3.07. The van der Waals surface area contributed by atoms with Crippen LogP contribution in [0.3, 0.4) is 0 Å². The second-order valence-corrected chi connectivity index (χ2v) is 6.00. The molecule has 26 heavy (non-hydrogen) atoms. The van der Waals surface area contributed by atoms with E-state index in [0.717, 1.165) is 12.1 Å². The highest BCUT2D eigenvalue weighted by Gasteiger charge is 2.18. The first kappa shape index (κ1) is 16.3. The van der Waals surface area contributed by atoms with Gasteiger partial charge in [-0.25, -0.2) is 4.68 Å². The molecule has 0 atom stereocenters. The Hall–Kier alpha value is -3.13. The van der Waals surface area contributed by atoms with Gasteiger partial charge >= 0.3 is 0 Å². The number of aromatic nitrogens is 4. The number of carbonyl (C=O) groups is 1. The van der Waals surface area contributed by atoms with Crippen LogP contribution in [0.5, 0.6) is 11.5 Å². The molecule has 1 N–H and O–H groups in total. The number of carbonyl (C=O) groups excluding carboxylic acids is 1. The van der Waals surface area contributed by atoms with Gasteiger partial charge in [-0.3, -0.25) is 4.79 Å². The fourth-order valence-electron chi connectivity index (χ4n) is 2.54. The van der Waals surface area contributed by atoms with Crippen LogP contribution in [0, 0.1) is 0 Å². The van der Waals surface area contributed by atoms with E-state index in [-0.39, 0.29) is 5.91 Å². The molecule has 0 saturated heterocycles. The molecule has 132 valence electrons. The molecule has 0 saturated carbocycles. The predicted molar refractivity (Wildman–Crippen MR) is 94.2 cm³/mol. The van der Waals surface area contributed by atoms with Gasteiger partial charge in [-0.1, -0.05) is 11.6 Å². The number of hydrogen-bond donors (Lipinski definition) is 1. The minimum absolute atomic E-state index is 0.294. The number of nitrogens with one attached hydrogen (secondary N) is 1. The molecule has 2 aromatic carbocycles. The standard InChI is InChI=1S/C17H14ClN5O3/c18-14-8-11(9-15-16(14)26-7-1-6-25-15)17(24)20-12-2-4-13(5-3-12)23-10-19-21-22-23/h2-5,8-10H,1,6-7H2,(H,20,24). The summed E-state index contributed by atoms with van der Waals surface area (Å²) in [6.07, 6.45) is 2.26. The van der Waals surface area contributed by atoms with E-state index in [4.69, 9.17) is 21.1 Å². The van der Waals surface area contributed by atoms with Crippen LogP contribution < -0.4 is 14.8 Å². The minimum atomic E-state index is -0.294. The molecule has 8 nitrogen and oxygen atoms in total. The molecule has 0 radical (unpaired) electrons. The van der Waals surface area contributed by atoms with Crippen molar-refractivity contribution in [3.05, 3.63) is 53.3 Å². The van der Waals surface area contributed by atoms with Crippen LogP contribution in [0.25, 0.3) is 5.69 Å². The monoisotopic (exact) mass is 371 g/mol. The summed E-state index contributed by atoms with van der Waals surface area (Å²) in [5, 5.41) is 14.2. The van der Waals surface area contributed by atoms with Gasteiger partial charge in [0.1, 0.15) is 6.33 Å². The van der Waals surface area contributed by atoms with Crippen LogP contribution in [-0.4, -0.2) is 39.3 Å². The third kappa shape index (κ3) is 3.31. The molecular formula is C17H14ClN5O3. The smallest absolute Gasteiger partial charge is 0.255 e. The lowest BCUT2D eigenvalue weighted by atomic mass is 10.1. The number of tetrazole rings is 1. The van der Waals surface area contributed by atoms with Crippen molar-refractivity contribution in [3.63, 3.8) is 0 Å². The zero-order valence-corrected chi connectivity index (χ0v) is 14.3. The van der Waals surface area contributed by atoms with Gasteiger partial charge in [0.25, 0.3) is 5.91 Å². The Bertz CT molecular complexity index is 928. The topological polar surface area (TPSA) is 91.2 Å². The molecule has 3 aromatic rings. The van der Waals surface area contributed by atoms with Gasteiger partial charge in [-0.05, 0) is 46.8 Å². The molecule has 0 unspecified atom stereocenters. The summed E-state index contributed by atoms with van der Waals surface area (Å²) in [6, 6.07) is 10.3. The molecule has 1 aliphatic heterocycles. The van der Waals surface area contributed by atoms with Crippen LogP contribution in [0.15, 0.2) is 42.7 Å². The summed E-state index contributed by atoms with van der Waals surface area (Å²) < 4.78 is 12.7. The van der Waals surface area contributed by atoms with Crippen LogP contribution in [0.4, 0.5) is 5.69 Å². The summed E-state index contributed by atoms with van der Waals surface area (Å²) >= 11 is 6.24. The Morgan fingerprint density at radius 1 is 1.15 bits per heavy atom. The molecule has 2 heterocycles. The molecule has 0 spiro atoms.